The minimum atomic E-state index is -1.17. The molecule has 1 aromatic heterocycles. The molecule has 0 saturated heterocycles. The lowest BCUT2D eigenvalue weighted by Crippen LogP contribution is -2.14. The second-order valence-corrected chi connectivity index (χ2v) is 3.95. The molecule has 0 aliphatic heterocycles. The topological polar surface area (TPSA) is 79.5 Å². The van der Waals surface area contributed by atoms with Crippen LogP contribution in [0.15, 0.2) is 24.3 Å². The standard InChI is InChI=1S/C11H8ClNO4/c12-7-1-2-8-6(3-7)4-9(11(16)17)13(8)5-10(14)15/h1-4H,5H2,(H,14,15)(H,16,17). The highest BCUT2D eigenvalue weighted by molar-refractivity contribution is 6.31. The number of carboxylic acids is 2. The third-order valence-corrected chi connectivity index (χ3v) is 2.61. The van der Waals surface area contributed by atoms with Gasteiger partial charge in [-0.3, -0.25) is 4.79 Å². The van der Waals surface area contributed by atoms with Crippen LogP contribution in [0.25, 0.3) is 10.9 Å². The molecule has 17 heavy (non-hydrogen) atoms. The Morgan fingerprint density at radius 2 is 1.94 bits per heavy atom. The first kappa shape index (κ1) is 11.5. The Morgan fingerprint density at radius 3 is 2.53 bits per heavy atom. The van der Waals surface area contributed by atoms with Crippen molar-refractivity contribution in [2.24, 2.45) is 0 Å². The number of rotatable bonds is 3. The van der Waals surface area contributed by atoms with Crippen LogP contribution in [-0.2, 0) is 11.3 Å². The van der Waals surface area contributed by atoms with E-state index >= 15 is 0 Å². The number of nitrogens with zero attached hydrogens (tertiary/aromatic N) is 1. The van der Waals surface area contributed by atoms with Crippen LogP contribution < -0.4 is 0 Å². The molecule has 0 fully saturated rings. The number of aromatic carboxylic acids is 1. The highest BCUT2D eigenvalue weighted by Crippen LogP contribution is 2.23. The molecule has 0 radical (unpaired) electrons. The van der Waals surface area contributed by atoms with Crippen molar-refractivity contribution in [2.45, 2.75) is 6.54 Å². The molecule has 0 aliphatic rings. The fraction of sp³-hybridized carbons (Fsp3) is 0.0909. The smallest absolute Gasteiger partial charge is 0.352 e. The summed E-state index contributed by atoms with van der Waals surface area (Å²) in [5, 5.41) is 18.8. The lowest BCUT2D eigenvalue weighted by Gasteiger charge is -2.04. The van der Waals surface area contributed by atoms with Crippen molar-refractivity contribution in [1.82, 2.24) is 4.57 Å². The number of aliphatic carboxylic acids is 1. The van der Waals surface area contributed by atoms with Gasteiger partial charge in [-0.25, -0.2) is 4.79 Å². The number of hydrogen-bond donors (Lipinski definition) is 2. The molecule has 2 rings (SSSR count). The van der Waals surface area contributed by atoms with E-state index in [9.17, 15) is 9.59 Å². The minimum Gasteiger partial charge on any atom is -0.480 e. The Labute approximate surface area is 101 Å². The minimum absolute atomic E-state index is 0.0651. The van der Waals surface area contributed by atoms with Gasteiger partial charge in [0.05, 0.1) is 0 Å². The average molecular weight is 254 g/mol. The summed E-state index contributed by atoms with van der Waals surface area (Å²) < 4.78 is 1.23. The van der Waals surface area contributed by atoms with E-state index in [1.54, 1.807) is 18.2 Å². The average Bonchev–Trinajstić information content (AvgIpc) is 2.55. The van der Waals surface area contributed by atoms with Gasteiger partial charge in [0.15, 0.2) is 0 Å². The second-order valence-electron chi connectivity index (χ2n) is 3.52. The predicted molar refractivity (Wildman–Crippen MR) is 61.5 cm³/mol. The quantitative estimate of drug-likeness (QED) is 0.878. The van der Waals surface area contributed by atoms with Gasteiger partial charge in [-0.2, -0.15) is 0 Å². The molecule has 0 saturated carbocycles. The maximum atomic E-state index is 11.0. The molecule has 2 aromatic rings. The van der Waals surface area contributed by atoms with E-state index in [1.807, 2.05) is 0 Å². The summed E-state index contributed by atoms with van der Waals surface area (Å²) in [7, 11) is 0. The maximum absolute atomic E-state index is 11.0. The summed E-state index contributed by atoms with van der Waals surface area (Å²) in [6.45, 7) is -0.396. The molecular formula is C11H8ClNO4. The van der Waals surface area contributed by atoms with E-state index < -0.39 is 18.5 Å². The first-order valence-corrected chi connectivity index (χ1v) is 5.10. The fourth-order valence-corrected chi connectivity index (χ4v) is 1.91. The van der Waals surface area contributed by atoms with E-state index in [1.165, 1.54) is 10.6 Å². The highest BCUT2D eigenvalue weighted by Gasteiger charge is 2.16. The molecule has 0 atom stereocenters. The SMILES string of the molecule is O=C(O)Cn1c(C(=O)O)cc2cc(Cl)ccc21. The first-order valence-electron chi connectivity index (χ1n) is 4.73. The van der Waals surface area contributed by atoms with Crippen LogP contribution in [0, 0.1) is 0 Å². The number of carboxylic acid groups (broad SMARTS) is 2. The molecule has 88 valence electrons. The molecule has 0 amide bonds. The molecule has 0 aliphatic carbocycles. The van der Waals surface area contributed by atoms with Crippen molar-refractivity contribution in [2.75, 3.05) is 0 Å². The van der Waals surface area contributed by atoms with Crippen LogP contribution in [0.4, 0.5) is 0 Å². The largest absolute Gasteiger partial charge is 0.480 e. The fourth-order valence-electron chi connectivity index (χ4n) is 1.72. The zero-order valence-corrected chi connectivity index (χ0v) is 9.31. The summed E-state index contributed by atoms with van der Waals surface area (Å²) in [5.41, 5.74) is 0.471. The van der Waals surface area contributed by atoms with E-state index in [2.05, 4.69) is 0 Å². The number of aromatic nitrogens is 1. The van der Waals surface area contributed by atoms with Crippen LogP contribution >= 0.6 is 11.6 Å². The summed E-state index contributed by atoms with van der Waals surface area (Å²) >= 11 is 5.79. The number of benzene rings is 1. The Kier molecular flexibility index (Phi) is 2.77. The normalized spacial score (nSPS) is 10.6. The van der Waals surface area contributed by atoms with Crippen LogP contribution in [0.1, 0.15) is 10.5 Å². The van der Waals surface area contributed by atoms with Crippen LogP contribution in [0.2, 0.25) is 5.02 Å². The molecule has 0 unspecified atom stereocenters. The van der Waals surface area contributed by atoms with Crippen molar-refractivity contribution in [1.29, 1.82) is 0 Å². The van der Waals surface area contributed by atoms with Crippen LogP contribution in [-0.4, -0.2) is 26.7 Å². The summed E-state index contributed by atoms with van der Waals surface area (Å²) in [4.78, 5) is 21.7. The van der Waals surface area contributed by atoms with E-state index in [0.717, 1.165) is 0 Å². The van der Waals surface area contributed by atoms with Gasteiger partial charge in [-0.15, -0.1) is 0 Å². The van der Waals surface area contributed by atoms with E-state index in [4.69, 9.17) is 21.8 Å². The molecule has 0 spiro atoms. The van der Waals surface area contributed by atoms with Gasteiger partial charge in [0.25, 0.3) is 0 Å². The van der Waals surface area contributed by atoms with Gasteiger partial charge >= 0.3 is 11.9 Å². The lowest BCUT2D eigenvalue weighted by molar-refractivity contribution is -0.137. The monoisotopic (exact) mass is 253 g/mol. The predicted octanol–water partition coefficient (Wildman–Crippen LogP) is 2.08. The van der Waals surface area contributed by atoms with Gasteiger partial charge in [-0.05, 0) is 24.3 Å². The van der Waals surface area contributed by atoms with Gasteiger partial charge in [-0.1, -0.05) is 11.6 Å². The second kappa shape index (κ2) is 4.10. The molecule has 0 bridgehead atoms. The number of halogens is 1. The molecule has 5 nitrogen and oxygen atoms in total. The van der Waals surface area contributed by atoms with Crippen molar-refractivity contribution < 1.29 is 19.8 Å². The molecule has 6 heteroatoms. The number of fused-ring (bicyclic) bond motifs is 1. The number of carbonyl (C=O) groups is 2. The van der Waals surface area contributed by atoms with E-state index in [-0.39, 0.29) is 5.69 Å². The van der Waals surface area contributed by atoms with Crippen molar-refractivity contribution in [3.63, 3.8) is 0 Å². The lowest BCUT2D eigenvalue weighted by atomic mass is 10.2. The summed E-state index contributed by atoms with van der Waals surface area (Å²) in [5.74, 6) is -2.27. The summed E-state index contributed by atoms with van der Waals surface area (Å²) in [6, 6.07) is 6.20. The van der Waals surface area contributed by atoms with Gasteiger partial charge in [0, 0.05) is 15.9 Å². The molecular weight excluding hydrogens is 246 g/mol. The summed E-state index contributed by atoms with van der Waals surface area (Å²) in [6.07, 6.45) is 0. The third-order valence-electron chi connectivity index (χ3n) is 2.38. The zero-order valence-electron chi connectivity index (χ0n) is 8.55. The first-order chi connectivity index (χ1) is 7.99. The zero-order chi connectivity index (χ0) is 12.6. The van der Waals surface area contributed by atoms with Crippen LogP contribution in [0.5, 0.6) is 0 Å². The number of hydrogen-bond acceptors (Lipinski definition) is 2. The van der Waals surface area contributed by atoms with Gasteiger partial charge in [0.2, 0.25) is 0 Å². The molecule has 1 heterocycles. The van der Waals surface area contributed by atoms with Crippen molar-refractivity contribution >= 4 is 34.4 Å². The van der Waals surface area contributed by atoms with Crippen LogP contribution in [0.3, 0.4) is 0 Å². The van der Waals surface area contributed by atoms with Gasteiger partial charge < -0.3 is 14.8 Å². The molecule has 2 N–H and O–H groups in total. The Balaban J connectivity index is 2.71. The third kappa shape index (κ3) is 2.09. The van der Waals surface area contributed by atoms with E-state index in [0.29, 0.717) is 15.9 Å². The Hall–Kier alpha value is -2.01. The highest BCUT2D eigenvalue weighted by atomic mass is 35.5. The Morgan fingerprint density at radius 1 is 1.24 bits per heavy atom. The maximum Gasteiger partial charge on any atom is 0.352 e. The Bertz CT molecular complexity index is 617. The van der Waals surface area contributed by atoms with Crippen molar-refractivity contribution in [3.05, 3.63) is 35.0 Å². The van der Waals surface area contributed by atoms with Crippen molar-refractivity contribution in [3.8, 4) is 0 Å². The van der Waals surface area contributed by atoms with Gasteiger partial charge in [0.1, 0.15) is 12.2 Å². The molecule has 1 aromatic carbocycles.